The van der Waals surface area contributed by atoms with E-state index in [1.54, 1.807) is 0 Å². The second-order valence-electron chi connectivity index (χ2n) is 3.79. The fourth-order valence-corrected chi connectivity index (χ4v) is 2.84. The summed E-state index contributed by atoms with van der Waals surface area (Å²) in [5.74, 6) is 0.140. The Hall–Kier alpha value is -0.520. The summed E-state index contributed by atoms with van der Waals surface area (Å²) >= 11 is 4.96. The molecule has 0 spiro atoms. The lowest BCUT2D eigenvalue weighted by Gasteiger charge is -2.10. The molecule has 0 saturated carbocycles. The molecule has 0 saturated heterocycles. The number of carbonyl (C=O) groups is 1. The summed E-state index contributed by atoms with van der Waals surface area (Å²) in [6.45, 7) is 3.96. The van der Waals surface area contributed by atoms with Crippen LogP contribution in [-0.2, 0) is 16.1 Å². The third-order valence-electron chi connectivity index (χ3n) is 2.34. The summed E-state index contributed by atoms with van der Waals surface area (Å²) in [7, 11) is 1.41. The van der Waals surface area contributed by atoms with Gasteiger partial charge < -0.3 is 10.1 Å². The van der Waals surface area contributed by atoms with Gasteiger partial charge in [0.2, 0.25) is 0 Å². The van der Waals surface area contributed by atoms with Gasteiger partial charge in [0.15, 0.2) is 0 Å². The van der Waals surface area contributed by atoms with Crippen LogP contribution in [0.5, 0.6) is 0 Å². The van der Waals surface area contributed by atoms with Crippen molar-refractivity contribution in [3.05, 3.63) is 28.2 Å². The van der Waals surface area contributed by atoms with Gasteiger partial charge >= 0.3 is 5.97 Å². The van der Waals surface area contributed by atoms with Crippen LogP contribution in [0.15, 0.2) is 27.6 Å². The van der Waals surface area contributed by atoms with Crippen molar-refractivity contribution in [1.29, 1.82) is 0 Å². The predicted molar refractivity (Wildman–Crippen MR) is 78.9 cm³/mol. The van der Waals surface area contributed by atoms with Crippen LogP contribution in [0.2, 0.25) is 0 Å². The van der Waals surface area contributed by atoms with E-state index >= 15 is 0 Å². The Morgan fingerprint density at radius 1 is 1.50 bits per heavy atom. The van der Waals surface area contributed by atoms with Crippen LogP contribution in [0.25, 0.3) is 0 Å². The first-order chi connectivity index (χ1) is 8.67. The highest BCUT2D eigenvalue weighted by atomic mass is 79.9. The topological polar surface area (TPSA) is 38.3 Å². The van der Waals surface area contributed by atoms with E-state index < -0.39 is 0 Å². The van der Waals surface area contributed by atoms with Gasteiger partial charge in [-0.25, -0.2) is 0 Å². The Kier molecular flexibility index (Phi) is 7.39. The monoisotopic (exact) mass is 331 g/mol. The fourth-order valence-electron chi connectivity index (χ4n) is 1.40. The van der Waals surface area contributed by atoms with Crippen LogP contribution in [0, 0.1) is 0 Å². The van der Waals surface area contributed by atoms with Gasteiger partial charge in [-0.15, -0.1) is 11.8 Å². The molecule has 100 valence electrons. The highest BCUT2D eigenvalue weighted by Gasteiger charge is 2.07. The molecule has 1 aromatic rings. The van der Waals surface area contributed by atoms with Crippen molar-refractivity contribution in [3.63, 3.8) is 0 Å². The van der Waals surface area contributed by atoms with Gasteiger partial charge in [-0.05, 0) is 30.7 Å². The first kappa shape index (κ1) is 15.5. The van der Waals surface area contributed by atoms with Gasteiger partial charge in [-0.2, -0.15) is 0 Å². The summed E-state index contributed by atoms with van der Waals surface area (Å²) < 4.78 is 5.68. The molecule has 0 unspecified atom stereocenters. The molecule has 1 aromatic carbocycles. The molecule has 5 heteroatoms. The summed E-state index contributed by atoms with van der Waals surface area (Å²) in [5, 5.41) is 3.37. The average molecular weight is 332 g/mol. The molecule has 0 aliphatic rings. The van der Waals surface area contributed by atoms with Gasteiger partial charge in [0.25, 0.3) is 0 Å². The maximum Gasteiger partial charge on any atom is 0.315 e. The van der Waals surface area contributed by atoms with Crippen molar-refractivity contribution < 1.29 is 9.53 Å². The standard InChI is InChI=1S/C13H18BrNO2S/c1-3-6-15-8-10-4-5-11(14)7-12(10)18-9-13(16)17-2/h4-5,7,15H,3,6,8-9H2,1-2H3. The number of rotatable bonds is 7. The van der Waals surface area contributed by atoms with Gasteiger partial charge in [-0.3, -0.25) is 4.79 Å². The quantitative estimate of drug-likeness (QED) is 0.473. The average Bonchev–Trinajstić information content (AvgIpc) is 2.38. The molecule has 1 N–H and O–H groups in total. The number of thioether (sulfide) groups is 1. The largest absolute Gasteiger partial charge is 0.468 e. The maximum atomic E-state index is 11.2. The predicted octanol–water partition coefficient (Wildman–Crippen LogP) is 3.21. The molecule has 0 aliphatic carbocycles. The van der Waals surface area contributed by atoms with E-state index in [2.05, 4.69) is 39.0 Å². The SMILES string of the molecule is CCCNCc1ccc(Br)cc1SCC(=O)OC. The Morgan fingerprint density at radius 2 is 2.28 bits per heavy atom. The molecule has 0 fully saturated rings. The Bertz CT molecular complexity index is 399. The summed E-state index contributed by atoms with van der Waals surface area (Å²) in [4.78, 5) is 12.3. The van der Waals surface area contributed by atoms with Gasteiger partial charge in [0.1, 0.15) is 0 Å². The minimum Gasteiger partial charge on any atom is -0.468 e. The van der Waals surface area contributed by atoms with Crippen molar-refractivity contribution in [2.75, 3.05) is 19.4 Å². The van der Waals surface area contributed by atoms with E-state index in [4.69, 9.17) is 0 Å². The molecule has 0 aliphatic heterocycles. The van der Waals surface area contributed by atoms with Crippen molar-refractivity contribution in [2.45, 2.75) is 24.8 Å². The van der Waals surface area contributed by atoms with E-state index in [0.717, 1.165) is 28.9 Å². The number of benzene rings is 1. The first-order valence-corrected chi connectivity index (χ1v) is 7.64. The van der Waals surface area contributed by atoms with Crippen molar-refractivity contribution in [1.82, 2.24) is 5.32 Å². The molecule has 0 heterocycles. The number of hydrogen-bond donors (Lipinski definition) is 1. The molecular formula is C13H18BrNO2S. The zero-order valence-electron chi connectivity index (χ0n) is 10.7. The summed E-state index contributed by atoms with van der Waals surface area (Å²) in [6.07, 6.45) is 1.11. The zero-order valence-corrected chi connectivity index (χ0v) is 13.1. The number of carbonyl (C=O) groups excluding carboxylic acids is 1. The first-order valence-electron chi connectivity index (χ1n) is 5.86. The molecule has 3 nitrogen and oxygen atoms in total. The van der Waals surface area contributed by atoms with Crippen molar-refractivity contribution >= 4 is 33.7 Å². The molecule has 0 aromatic heterocycles. The van der Waals surface area contributed by atoms with Crippen molar-refractivity contribution in [2.24, 2.45) is 0 Å². The number of methoxy groups -OCH3 is 1. The third kappa shape index (κ3) is 5.42. The Balaban J connectivity index is 2.67. The second-order valence-corrected chi connectivity index (χ2v) is 5.73. The van der Waals surface area contributed by atoms with Crippen LogP contribution in [0.1, 0.15) is 18.9 Å². The lowest BCUT2D eigenvalue weighted by molar-refractivity contribution is -0.137. The Morgan fingerprint density at radius 3 is 2.94 bits per heavy atom. The summed E-state index contributed by atoms with van der Waals surface area (Å²) in [6, 6.07) is 6.13. The zero-order chi connectivity index (χ0) is 13.4. The molecule has 1 rings (SSSR count). The minimum atomic E-state index is -0.201. The lowest BCUT2D eigenvalue weighted by Crippen LogP contribution is -2.14. The van der Waals surface area contributed by atoms with Crippen LogP contribution in [0.4, 0.5) is 0 Å². The highest BCUT2D eigenvalue weighted by Crippen LogP contribution is 2.26. The normalized spacial score (nSPS) is 10.4. The van der Waals surface area contributed by atoms with Gasteiger partial charge in [0, 0.05) is 15.9 Å². The van der Waals surface area contributed by atoms with E-state index in [-0.39, 0.29) is 5.97 Å². The van der Waals surface area contributed by atoms with E-state index in [9.17, 15) is 4.79 Å². The van der Waals surface area contributed by atoms with Gasteiger partial charge in [0.05, 0.1) is 12.9 Å². The lowest BCUT2D eigenvalue weighted by atomic mass is 10.2. The highest BCUT2D eigenvalue weighted by molar-refractivity contribution is 9.10. The molecule has 0 amide bonds. The van der Waals surface area contributed by atoms with E-state index in [1.807, 2.05) is 12.1 Å². The molecule has 0 bridgehead atoms. The maximum absolute atomic E-state index is 11.2. The molecule has 18 heavy (non-hydrogen) atoms. The number of hydrogen-bond acceptors (Lipinski definition) is 4. The van der Waals surface area contributed by atoms with Gasteiger partial charge in [-0.1, -0.05) is 28.9 Å². The van der Waals surface area contributed by atoms with Crippen LogP contribution in [0.3, 0.4) is 0 Å². The minimum absolute atomic E-state index is 0.201. The smallest absolute Gasteiger partial charge is 0.315 e. The van der Waals surface area contributed by atoms with Crippen LogP contribution in [-0.4, -0.2) is 25.4 Å². The van der Waals surface area contributed by atoms with E-state index in [1.165, 1.54) is 24.4 Å². The number of esters is 1. The third-order valence-corrected chi connectivity index (χ3v) is 3.91. The van der Waals surface area contributed by atoms with E-state index in [0.29, 0.717) is 5.75 Å². The number of ether oxygens (including phenoxy) is 1. The second kappa shape index (κ2) is 8.56. The van der Waals surface area contributed by atoms with Crippen LogP contribution < -0.4 is 5.32 Å². The Labute approximate surface area is 121 Å². The molecule has 0 atom stereocenters. The fraction of sp³-hybridized carbons (Fsp3) is 0.462. The number of nitrogens with one attached hydrogen (secondary N) is 1. The summed E-state index contributed by atoms with van der Waals surface area (Å²) in [5.41, 5.74) is 1.21. The number of halogens is 1. The van der Waals surface area contributed by atoms with Crippen molar-refractivity contribution in [3.8, 4) is 0 Å². The molecule has 0 radical (unpaired) electrons. The van der Waals surface area contributed by atoms with Crippen LogP contribution >= 0.6 is 27.7 Å². The molecular weight excluding hydrogens is 314 g/mol.